The molecule has 34 heteroatoms. The Balaban J connectivity index is 1.95. The molecule has 0 bridgehead atoms. The van der Waals surface area contributed by atoms with Crippen LogP contribution in [-0.2, 0) is 97.2 Å². The summed E-state index contributed by atoms with van der Waals surface area (Å²) < 4.78 is 33.2. The fourth-order valence-corrected chi connectivity index (χ4v) is 12.8. The van der Waals surface area contributed by atoms with E-state index in [2.05, 4.69) is 53.2 Å². The first-order chi connectivity index (χ1) is 52.7. The number of nitrogens with one attached hydrogen (secondary N) is 10. The number of nitrogens with zero attached hydrogens (tertiary/aromatic N) is 3. The molecule has 1 aromatic rings. The molecule has 0 aromatic heterocycles. The van der Waals surface area contributed by atoms with E-state index in [9.17, 15) is 72.2 Å². The lowest BCUT2D eigenvalue weighted by Gasteiger charge is -2.41. The van der Waals surface area contributed by atoms with Crippen LogP contribution in [-0.4, -0.2) is 290 Å². The van der Waals surface area contributed by atoms with Crippen LogP contribution in [0.25, 0.3) is 0 Å². The van der Waals surface area contributed by atoms with E-state index < -0.39 is 158 Å². The fraction of sp³-hybridized carbons (Fsp3) is 0.744. The number of carboxylic acid groups (broad SMARTS) is 1. The van der Waals surface area contributed by atoms with Gasteiger partial charge < -0.3 is 91.2 Å². The number of carbonyl (C=O) groups is 14. The maximum atomic E-state index is 14.6. The minimum absolute atomic E-state index is 0.00745. The Bertz CT molecular complexity index is 3150. The zero-order valence-corrected chi connectivity index (χ0v) is 69.6. The molecule has 1 aliphatic rings. The third kappa shape index (κ3) is 36.7. The molecule has 112 heavy (non-hydrogen) atoms. The monoisotopic (exact) mass is 1590 g/mol. The summed E-state index contributed by atoms with van der Waals surface area (Å²) in [6, 6.07) is -0.184. The number of amides is 10. The first-order valence-corrected chi connectivity index (χ1v) is 39.0. The molecule has 1 saturated heterocycles. The van der Waals surface area contributed by atoms with E-state index in [4.69, 9.17) is 28.4 Å². The van der Waals surface area contributed by atoms with Crippen molar-refractivity contribution in [3.05, 3.63) is 35.9 Å². The number of hydrogen-bond donors (Lipinski definition) is 11. The topological polar surface area (TPSA) is 445 Å². The van der Waals surface area contributed by atoms with Gasteiger partial charge in [-0.25, -0.2) is 14.4 Å². The third-order valence-corrected chi connectivity index (χ3v) is 19.4. The number of Topliss-reactive ketones (excluding diaryl/α,β-unsaturated/α-hetero) is 2. The van der Waals surface area contributed by atoms with E-state index in [1.54, 1.807) is 42.8 Å². The van der Waals surface area contributed by atoms with E-state index in [-0.39, 0.29) is 137 Å². The number of benzene rings is 1. The average molecular weight is 1590 g/mol. The number of esters is 1. The van der Waals surface area contributed by atoms with Crippen LogP contribution in [0.3, 0.4) is 0 Å². The largest absolute Gasteiger partial charge is 0.480 e. The highest BCUT2D eigenvalue weighted by atomic mass is 16.6. The van der Waals surface area contributed by atoms with Crippen molar-refractivity contribution < 1.29 is 101 Å². The summed E-state index contributed by atoms with van der Waals surface area (Å²) in [5.41, 5.74) is 0.710. The van der Waals surface area contributed by atoms with Crippen molar-refractivity contribution in [2.45, 2.75) is 233 Å². The van der Waals surface area contributed by atoms with Gasteiger partial charge in [0, 0.05) is 93.2 Å². The van der Waals surface area contributed by atoms with Crippen molar-refractivity contribution in [2.24, 2.45) is 29.1 Å². The molecule has 1 fully saturated rings. The lowest BCUT2D eigenvalue weighted by Crippen LogP contribution is -2.59. The molecule has 1 heterocycles. The van der Waals surface area contributed by atoms with Crippen LogP contribution in [0, 0.1) is 29.1 Å². The van der Waals surface area contributed by atoms with Gasteiger partial charge in [0.2, 0.25) is 53.2 Å². The third-order valence-electron chi connectivity index (χ3n) is 19.4. The number of ether oxygens (including phenoxy) is 6. The van der Waals surface area contributed by atoms with E-state index >= 15 is 0 Å². The van der Waals surface area contributed by atoms with Gasteiger partial charge in [-0.3, -0.25) is 63.0 Å². The Morgan fingerprint density at radius 2 is 1.27 bits per heavy atom. The molecule has 34 nitrogen and oxygen atoms in total. The minimum atomic E-state index is -1.56. The van der Waals surface area contributed by atoms with Crippen molar-refractivity contribution in [2.75, 3.05) is 115 Å². The Labute approximate surface area is 661 Å². The van der Waals surface area contributed by atoms with Crippen LogP contribution in [0.4, 0.5) is 4.79 Å². The predicted octanol–water partition coefficient (Wildman–Crippen LogP) is 1.57. The van der Waals surface area contributed by atoms with Gasteiger partial charge in [-0.15, -0.1) is 0 Å². The number of carbonyl (C=O) groups excluding carboxylic acids is 13. The zero-order valence-electron chi connectivity index (χ0n) is 69.6. The Kier molecular flexibility index (Phi) is 46.5. The number of rotatable bonds is 55. The lowest BCUT2D eigenvalue weighted by molar-refractivity contribution is -0.148. The number of aliphatic carboxylic acids is 1. The van der Waals surface area contributed by atoms with Gasteiger partial charge in [0.1, 0.15) is 36.8 Å². The molecule has 10 amide bonds. The maximum Gasteiger partial charge on any atom is 0.407 e. The molecule has 0 spiro atoms. The predicted molar refractivity (Wildman–Crippen MR) is 418 cm³/mol. The van der Waals surface area contributed by atoms with Crippen LogP contribution in [0.15, 0.2) is 30.3 Å². The molecule has 0 aliphatic carbocycles. The molecule has 0 radical (unpaired) electrons. The summed E-state index contributed by atoms with van der Waals surface area (Å²) in [7, 11) is 9.73. The molecule has 636 valence electrons. The van der Waals surface area contributed by atoms with Crippen LogP contribution in [0.2, 0.25) is 0 Å². The molecule has 0 saturated carbocycles. The maximum absolute atomic E-state index is 14.6. The summed E-state index contributed by atoms with van der Waals surface area (Å²) in [6.45, 7) is 23.8. The fourth-order valence-electron chi connectivity index (χ4n) is 12.8. The quantitative estimate of drug-likeness (QED) is 0.0326. The van der Waals surface area contributed by atoms with Gasteiger partial charge in [-0.1, -0.05) is 106 Å². The second kappa shape index (κ2) is 52.2. The molecule has 1 aliphatic heterocycles. The van der Waals surface area contributed by atoms with Crippen molar-refractivity contribution in [1.82, 2.24) is 67.9 Å². The van der Waals surface area contributed by atoms with E-state index in [0.717, 1.165) is 5.56 Å². The van der Waals surface area contributed by atoms with Gasteiger partial charge in [0.25, 0.3) is 0 Å². The van der Waals surface area contributed by atoms with Crippen LogP contribution < -0.4 is 53.2 Å². The van der Waals surface area contributed by atoms with Gasteiger partial charge in [0.15, 0.2) is 11.6 Å². The lowest BCUT2D eigenvalue weighted by atomic mass is 9.89. The minimum Gasteiger partial charge on any atom is -0.480 e. The Hall–Kier alpha value is -8.28. The zero-order chi connectivity index (χ0) is 84.5. The summed E-state index contributed by atoms with van der Waals surface area (Å²) in [4.78, 5) is 191. The average Bonchev–Trinajstić information content (AvgIpc) is 1.69. The number of methoxy groups -OCH3 is 3. The Morgan fingerprint density at radius 3 is 1.87 bits per heavy atom. The van der Waals surface area contributed by atoms with Gasteiger partial charge in [0.05, 0.1) is 87.7 Å². The van der Waals surface area contributed by atoms with Crippen molar-refractivity contribution in [3.63, 3.8) is 0 Å². The Morgan fingerprint density at radius 1 is 0.625 bits per heavy atom. The number of likely N-dealkylation sites (N-methyl/N-ethyl adjacent to an activating group) is 2. The number of likely N-dealkylation sites (tertiary alicyclic amines) is 1. The van der Waals surface area contributed by atoms with Gasteiger partial charge in [-0.05, 0) is 89.3 Å². The van der Waals surface area contributed by atoms with E-state index in [1.807, 2.05) is 99.5 Å². The number of alkyl carbamates (subject to hydrolysis) is 1. The van der Waals surface area contributed by atoms with Gasteiger partial charge in [-0.2, -0.15) is 0 Å². The summed E-state index contributed by atoms with van der Waals surface area (Å²) in [6.07, 6.45) is -1.78. The highest BCUT2D eigenvalue weighted by molar-refractivity contribution is 5.92. The normalized spacial score (nSPS) is 16.4. The number of ketones is 2. The van der Waals surface area contributed by atoms with Crippen molar-refractivity contribution >= 4 is 82.8 Å². The van der Waals surface area contributed by atoms with Crippen molar-refractivity contribution in [1.29, 1.82) is 0 Å². The van der Waals surface area contributed by atoms with E-state index in [0.29, 0.717) is 32.4 Å². The molecule has 2 rings (SSSR count). The molecular formula is C78H133N13O21. The standard InChI is InChI=1S/C78H133N13O21/c1-20-49(6)68(90(16)74(102)66(47(2)3)88-73(101)67(48(4)5)89(14)15)61(108-18)43-65(97)91-38-24-28-58(91)69(109-19)50(7)70(98)87-56(42-54-26-22-21-23-27-54)71(99)80-34-25-39-111-76(105)53(10)85-63(95)30-29-55(75(103)104)86-64(96)32-36-82-77(106)112-45-57(72(100)81-37-41-107-17)84-52(9)60(93)44-83-51(8)59(92)31-35-79-62(94)33-40-110-46-78(11,12)13/h21-23,26-27,47-53,55-58,61,66-69,83-84H,20,24-25,28-46H2,1-19H3,(H,79,94)(H,80,99)(H,81,100)(H,82,106)(H,85,95)(H,86,96)(H,87,98)(H,88,101)(H,103,104)/t49-,50+,51?,52?,53-,55-,56-,57-,58-,61+,66-,67-,68-,69+/m0/s1. The first kappa shape index (κ1) is 99.8. The summed E-state index contributed by atoms with van der Waals surface area (Å²) in [5.74, 6) is -8.58. The molecular weight excluding hydrogens is 1450 g/mol. The first-order valence-electron chi connectivity index (χ1n) is 39.0. The molecule has 14 atom stereocenters. The van der Waals surface area contributed by atoms with E-state index in [1.165, 1.54) is 35.2 Å². The summed E-state index contributed by atoms with van der Waals surface area (Å²) in [5, 5.41) is 36.6. The second-order valence-corrected chi connectivity index (χ2v) is 30.8. The number of hydrogen-bond acceptors (Lipinski definition) is 23. The molecule has 2 unspecified atom stereocenters. The van der Waals surface area contributed by atoms with Crippen molar-refractivity contribution in [3.8, 4) is 0 Å². The highest BCUT2D eigenvalue weighted by Crippen LogP contribution is 2.30. The molecule has 1 aromatic carbocycles. The summed E-state index contributed by atoms with van der Waals surface area (Å²) >= 11 is 0. The van der Waals surface area contributed by atoms with Crippen LogP contribution >= 0.6 is 0 Å². The second-order valence-electron chi connectivity index (χ2n) is 30.8. The SMILES string of the molecule is CC[C@H](C)[C@@H]([C@@H](CC(=O)N1CCC[C@H]1[C@H](OC)[C@@H](C)C(=O)N[C@@H](Cc1ccccc1)C(=O)NCCCOC(=O)[C@H](C)NC(=O)CC[C@H](NC(=O)CCNC(=O)OC[C@H](NC(C)C(=O)CNC(C)C(=O)CCNC(=O)CCOCC(C)(C)C)C(=O)NCCOC)C(=O)O)OC)N(C)C(=O)[C@@H](NC(=O)[C@H](C(C)C)N(C)C)C(C)C. The van der Waals surface area contributed by atoms with Gasteiger partial charge >= 0.3 is 18.0 Å². The smallest absolute Gasteiger partial charge is 0.407 e. The highest BCUT2D eigenvalue weighted by Gasteiger charge is 2.44. The molecule has 11 N–H and O–H groups in total. The number of carboxylic acids is 1. The van der Waals surface area contributed by atoms with Crippen LogP contribution in [0.5, 0.6) is 0 Å². The van der Waals surface area contributed by atoms with Crippen LogP contribution in [0.1, 0.15) is 160 Å².